The summed E-state index contributed by atoms with van der Waals surface area (Å²) in [4.78, 5) is 2.59. The molecule has 2 rings (SSSR count). The highest BCUT2D eigenvalue weighted by molar-refractivity contribution is 8.00. The van der Waals surface area contributed by atoms with Crippen molar-refractivity contribution in [3.8, 4) is 0 Å². The van der Waals surface area contributed by atoms with E-state index in [2.05, 4.69) is 44.4 Å². The zero-order chi connectivity index (χ0) is 13.9. The molecule has 0 aromatic heterocycles. The number of hydrogen-bond donors (Lipinski definition) is 0. The molecule has 2 saturated heterocycles. The van der Waals surface area contributed by atoms with E-state index < -0.39 is 0 Å². The van der Waals surface area contributed by atoms with E-state index in [1.165, 1.54) is 12.3 Å². The van der Waals surface area contributed by atoms with Crippen LogP contribution in [0.25, 0.3) is 0 Å². The molecule has 0 N–H and O–H groups in total. The van der Waals surface area contributed by atoms with Gasteiger partial charge in [0.05, 0.1) is 12.7 Å². The lowest BCUT2D eigenvalue weighted by atomic mass is 9.98. The Morgan fingerprint density at radius 1 is 1.37 bits per heavy atom. The number of nitrogens with zero attached hydrogens (tertiary/aromatic N) is 1. The molecule has 0 aromatic carbocycles. The number of hydrogen-bond acceptors (Lipinski definition) is 4. The fraction of sp³-hybridized carbons (Fsp3) is 1.00. The fourth-order valence-electron chi connectivity index (χ4n) is 2.86. The Balaban J connectivity index is 1.85. The third-order valence-corrected chi connectivity index (χ3v) is 5.11. The SMILES string of the molecule is CC[C@@H]1CN(CCSC(C)(C)C)C[C@@]2(CCOC2)O1. The third-order valence-electron chi connectivity index (χ3n) is 3.86. The molecule has 0 radical (unpaired) electrons. The fourth-order valence-corrected chi connectivity index (χ4v) is 3.82. The van der Waals surface area contributed by atoms with Crippen molar-refractivity contribution in [1.29, 1.82) is 0 Å². The summed E-state index contributed by atoms with van der Waals surface area (Å²) in [6.07, 6.45) is 2.55. The van der Waals surface area contributed by atoms with Crippen LogP contribution in [0.1, 0.15) is 40.5 Å². The summed E-state index contributed by atoms with van der Waals surface area (Å²) in [6.45, 7) is 14.0. The molecule has 1 spiro atoms. The number of ether oxygens (including phenoxy) is 2. The third kappa shape index (κ3) is 4.62. The van der Waals surface area contributed by atoms with E-state index in [1.54, 1.807) is 0 Å². The first kappa shape index (κ1) is 15.6. The topological polar surface area (TPSA) is 21.7 Å². The van der Waals surface area contributed by atoms with E-state index in [-0.39, 0.29) is 5.60 Å². The summed E-state index contributed by atoms with van der Waals surface area (Å²) >= 11 is 2.05. The summed E-state index contributed by atoms with van der Waals surface area (Å²) in [5.74, 6) is 1.21. The number of morpholine rings is 1. The molecular weight excluding hydrogens is 258 g/mol. The lowest BCUT2D eigenvalue weighted by Crippen LogP contribution is -2.56. The van der Waals surface area contributed by atoms with Crippen molar-refractivity contribution < 1.29 is 9.47 Å². The van der Waals surface area contributed by atoms with E-state index >= 15 is 0 Å². The van der Waals surface area contributed by atoms with E-state index in [9.17, 15) is 0 Å². The van der Waals surface area contributed by atoms with Crippen molar-refractivity contribution in [3.63, 3.8) is 0 Å². The molecule has 2 atom stereocenters. The van der Waals surface area contributed by atoms with Gasteiger partial charge >= 0.3 is 0 Å². The summed E-state index contributed by atoms with van der Waals surface area (Å²) in [6, 6.07) is 0. The average Bonchev–Trinajstić information content (AvgIpc) is 2.74. The zero-order valence-corrected chi connectivity index (χ0v) is 13.7. The maximum atomic E-state index is 6.29. The molecule has 4 heteroatoms. The van der Waals surface area contributed by atoms with Gasteiger partial charge in [0.2, 0.25) is 0 Å². The van der Waals surface area contributed by atoms with Crippen LogP contribution in [0.3, 0.4) is 0 Å². The molecule has 3 nitrogen and oxygen atoms in total. The summed E-state index contributed by atoms with van der Waals surface area (Å²) in [5, 5.41) is 0. The predicted octanol–water partition coefficient (Wildman–Crippen LogP) is 2.79. The van der Waals surface area contributed by atoms with Gasteiger partial charge in [0.15, 0.2) is 0 Å². The normalized spacial score (nSPS) is 33.2. The highest BCUT2D eigenvalue weighted by Crippen LogP contribution is 2.31. The molecular formula is C15H29NO2S. The largest absolute Gasteiger partial charge is 0.378 e. The average molecular weight is 287 g/mol. The van der Waals surface area contributed by atoms with Crippen LogP contribution in [-0.4, -0.2) is 60.0 Å². The van der Waals surface area contributed by atoms with Gasteiger partial charge in [-0.15, -0.1) is 0 Å². The van der Waals surface area contributed by atoms with Crippen molar-refractivity contribution in [2.24, 2.45) is 0 Å². The molecule has 0 amide bonds. The summed E-state index contributed by atoms with van der Waals surface area (Å²) in [5.41, 5.74) is -0.00861. The first-order valence-electron chi connectivity index (χ1n) is 7.54. The standard InChI is InChI=1S/C15H29NO2S/c1-5-13-10-16(7-9-19-14(2,3)4)11-15(18-13)6-8-17-12-15/h13H,5-12H2,1-4H3/t13-,15-/m1/s1. The van der Waals surface area contributed by atoms with Gasteiger partial charge in [-0.25, -0.2) is 0 Å². The second kappa shape index (κ2) is 6.33. The molecule has 0 unspecified atom stereocenters. The molecule has 2 aliphatic heterocycles. The molecule has 2 fully saturated rings. The highest BCUT2D eigenvalue weighted by atomic mass is 32.2. The Hall–Kier alpha value is 0.230. The quantitative estimate of drug-likeness (QED) is 0.792. The number of rotatable bonds is 4. The van der Waals surface area contributed by atoms with Crippen LogP contribution >= 0.6 is 11.8 Å². The van der Waals surface area contributed by atoms with Crippen molar-refractivity contribution in [2.45, 2.75) is 57.0 Å². The van der Waals surface area contributed by atoms with Crippen molar-refractivity contribution in [2.75, 3.05) is 38.6 Å². The Morgan fingerprint density at radius 3 is 2.74 bits per heavy atom. The molecule has 2 heterocycles. The molecule has 112 valence electrons. The second-order valence-corrected chi connectivity index (χ2v) is 8.75. The highest BCUT2D eigenvalue weighted by Gasteiger charge is 2.43. The Kier molecular flexibility index (Phi) is 5.21. The zero-order valence-electron chi connectivity index (χ0n) is 12.9. The van der Waals surface area contributed by atoms with Crippen LogP contribution in [-0.2, 0) is 9.47 Å². The van der Waals surface area contributed by atoms with Crippen molar-refractivity contribution in [3.05, 3.63) is 0 Å². The molecule has 0 aliphatic carbocycles. The maximum Gasteiger partial charge on any atom is 0.107 e. The first-order chi connectivity index (χ1) is 8.92. The van der Waals surface area contributed by atoms with Crippen LogP contribution in [0.2, 0.25) is 0 Å². The molecule has 0 saturated carbocycles. The van der Waals surface area contributed by atoms with Crippen molar-refractivity contribution >= 4 is 11.8 Å². The lowest BCUT2D eigenvalue weighted by molar-refractivity contribution is -0.153. The van der Waals surface area contributed by atoms with Gasteiger partial charge in [0, 0.05) is 43.2 Å². The van der Waals surface area contributed by atoms with Crippen LogP contribution in [0.15, 0.2) is 0 Å². The summed E-state index contributed by atoms with van der Waals surface area (Å²) in [7, 11) is 0. The van der Waals surface area contributed by atoms with Gasteiger partial charge in [0.25, 0.3) is 0 Å². The van der Waals surface area contributed by atoms with Crippen LogP contribution in [0.4, 0.5) is 0 Å². The molecule has 19 heavy (non-hydrogen) atoms. The molecule has 2 aliphatic rings. The van der Waals surface area contributed by atoms with E-state index in [1.807, 2.05) is 0 Å². The van der Waals surface area contributed by atoms with Gasteiger partial charge in [-0.05, 0) is 6.42 Å². The Morgan fingerprint density at radius 2 is 2.16 bits per heavy atom. The van der Waals surface area contributed by atoms with Gasteiger partial charge in [0.1, 0.15) is 5.60 Å². The minimum atomic E-state index is -0.00861. The van der Waals surface area contributed by atoms with Crippen LogP contribution in [0.5, 0.6) is 0 Å². The Labute approximate surface area is 122 Å². The van der Waals surface area contributed by atoms with Gasteiger partial charge in [-0.2, -0.15) is 11.8 Å². The van der Waals surface area contributed by atoms with Gasteiger partial charge in [-0.3, -0.25) is 4.90 Å². The van der Waals surface area contributed by atoms with E-state index in [0.717, 1.165) is 39.1 Å². The van der Waals surface area contributed by atoms with Crippen LogP contribution in [0, 0.1) is 0 Å². The van der Waals surface area contributed by atoms with Crippen molar-refractivity contribution in [1.82, 2.24) is 4.90 Å². The minimum absolute atomic E-state index is 0.00861. The van der Waals surface area contributed by atoms with Gasteiger partial charge in [-0.1, -0.05) is 27.7 Å². The predicted molar refractivity (Wildman–Crippen MR) is 82.0 cm³/mol. The first-order valence-corrected chi connectivity index (χ1v) is 8.53. The van der Waals surface area contributed by atoms with E-state index in [4.69, 9.17) is 9.47 Å². The van der Waals surface area contributed by atoms with E-state index in [0.29, 0.717) is 10.9 Å². The van der Waals surface area contributed by atoms with Gasteiger partial charge < -0.3 is 9.47 Å². The monoisotopic (exact) mass is 287 g/mol. The minimum Gasteiger partial charge on any atom is -0.378 e. The second-order valence-electron chi connectivity index (χ2n) is 6.83. The Bertz CT molecular complexity index is 284. The maximum absolute atomic E-state index is 6.29. The molecule has 0 aromatic rings. The lowest BCUT2D eigenvalue weighted by Gasteiger charge is -2.44. The smallest absolute Gasteiger partial charge is 0.107 e. The van der Waals surface area contributed by atoms with Crippen LogP contribution < -0.4 is 0 Å². The molecule has 0 bridgehead atoms. The summed E-state index contributed by atoms with van der Waals surface area (Å²) < 4.78 is 12.2. The number of thioether (sulfide) groups is 1.